The Labute approximate surface area is 269 Å². The highest BCUT2D eigenvalue weighted by molar-refractivity contribution is 7.92. The van der Waals surface area contributed by atoms with Crippen molar-refractivity contribution in [3.63, 3.8) is 0 Å². The molecule has 0 spiro atoms. The van der Waals surface area contributed by atoms with Gasteiger partial charge in [-0.05, 0) is 49.2 Å². The van der Waals surface area contributed by atoms with Crippen molar-refractivity contribution >= 4 is 62.3 Å². The van der Waals surface area contributed by atoms with Crippen molar-refractivity contribution in [2.45, 2.75) is 51.5 Å². The molecule has 0 heterocycles. The van der Waals surface area contributed by atoms with Crippen LogP contribution in [0.4, 0.5) is 18.9 Å². The zero-order valence-corrected chi connectivity index (χ0v) is 27.1. The van der Waals surface area contributed by atoms with Gasteiger partial charge in [-0.25, -0.2) is 8.42 Å². The van der Waals surface area contributed by atoms with Gasteiger partial charge >= 0.3 is 6.18 Å². The molecule has 0 bridgehead atoms. The lowest BCUT2D eigenvalue weighted by atomic mass is 10.0. The largest absolute Gasteiger partial charge is 0.417 e. The maximum Gasteiger partial charge on any atom is 0.417 e. The molecular formula is C30H31Cl3F3N3O4S. The van der Waals surface area contributed by atoms with Gasteiger partial charge in [0.05, 0.1) is 22.5 Å². The maximum absolute atomic E-state index is 14.1. The molecule has 2 atom stereocenters. The van der Waals surface area contributed by atoms with Crippen molar-refractivity contribution in [3.8, 4) is 0 Å². The van der Waals surface area contributed by atoms with E-state index in [-0.39, 0.29) is 29.1 Å². The number of benzene rings is 3. The summed E-state index contributed by atoms with van der Waals surface area (Å²) >= 11 is 18.6. The number of nitrogens with zero attached hydrogens (tertiary/aromatic N) is 2. The summed E-state index contributed by atoms with van der Waals surface area (Å²) in [4.78, 5) is 29.0. The average Bonchev–Trinajstić information content (AvgIpc) is 2.94. The van der Waals surface area contributed by atoms with Crippen LogP contribution < -0.4 is 9.62 Å². The van der Waals surface area contributed by atoms with Gasteiger partial charge in [-0.15, -0.1) is 0 Å². The molecule has 2 amide bonds. The molecule has 0 aliphatic carbocycles. The van der Waals surface area contributed by atoms with E-state index in [9.17, 15) is 31.2 Å². The van der Waals surface area contributed by atoms with E-state index >= 15 is 0 Å². The topological polar surface area (TPSA) is 86.8 Å². The molecule has 0 radical (unpaired) electrons. The van der Waals surface area contributed by atoms with Crippen LogP contribution in [0.25, 0.3) is 0 Å². The quantitative estimate of drug-likeness (QED) is 0.222. The van der Waals surface area contributed by atoms with Gasteiger partial charge in [-0.1, -0.05) is 78.1 Å². The molecule has 238 valence electrons. The molecule has 3 rings (SSSR count). The number of alkyl halides is 3. The fourth-order valence-corrected chi connectivity index (χ4v) is 5.93. The van der Waals surface area contributed by atoms with Gasteiger partial charge in [0.25, 0.3) is 0 Å². The predicted octanol–water partition coefficient (Wildman–Crippen LogP) is 6.99. The standard InChI is InChI=1S/C30H31Cl3F3N3O4S/c1-4-19(2)37-29(41)27(15-20-9-6-5-7-10-20)38(17-22-24(31)11-8-12-25(22)32)28(40)18-39(44(3,42)43)21-13-14-26(33)23(16-21)30(34,35)36/h5-14,16,19,27H,4,15,17-18H2,1-3H3,(H,37,41)/t19-,27+/m0/s1. The van der Waals surface area contributed by atoms with E-state index in [4.69, 9.17) is 34.8 Å². The summed E-state index contributed by atoms with van der Waals surface area (Å²) in [7, 11) is -4.32. The summed E-state index contributed by atoms with van der Waals surface area (Å²) in [5.74, 6) is -1.40. The second kappa shape index (κ2) is 14.9. The second-order valence-corrected chi connectivity index (χ2v) is 13.3. The number of nitrogens with one attached hydrogen (secondary N) is 1. The number of amides is 2. The number of hydrogen-bond donors (Lipinski definition) is 1. The van der Waals surface area contributed by atoms with E-state index < -0.39 is 56.9 Å². The number of anilines is 1. The summed E-state index contributed by atoms with van der Waals surface area (Å²) in [5, 5.41) is 2.63. The summed E-state index contributed by atoms with van der Waals surface area (Å²) in [5.41, 5.74) is -0.702. The minimum absolute atomic E-state index is 0.0367. The number of carbonyl (C=O) groups is 2. The van der Waals surface area contributed by atoms with Crippen LogP contribution in [0.15, 0.2) is 66.7 Å². The Bertz CT molecular complexity index is 1570. The second-order valence-electron chi connectivity index (χ2n) is 10.2. The summed E-state index contributed by atoms with van der Waals surface area (Å²) in [6.45, 7) is 2.43. The Morgan fingerprint density at radius 1 is 0.932 bits per heavy atom. The Kier molecular flexibility index (Phi) is 12.0. The zero-order chi connectivity index (χ0) is 32.8. The molecule has 0 aliphatic heterocycles. The van der Waals surface area contributed by atoms with Crippen molar-refractivity contribution in [1.82, 2.24) is 10.2 Å². The molecule has 7 nitrogen and oxygen atoms in total. The lowest BCUT2D eigenvalue weighted by Gasteiger charge is -2.34. The molecule has 0 unspecified atom stereocenters. The normalized spacial score (nSPS) is 13.2. The highest BCUT2D eigenvalue weighted by atomic mass is 35.5. The Morgan fingerprint density at radius 2 is 1.55 bits per heavy atom. The van der Waals surface area contributed by atoms with Crippen molar-refractivity contribution in [1.29, 1.82) is 0 Å². The monoisotopic (exact) mass is 691 g/mol. The van der Waals surface area contributed by atoms with Crippen LogP contribution in [0, 0.1) is 0 Å². The first-order valence-electron chi connectivity index (χ1n) is 13.4. The average molecular weight is 693 g/mol. The summed E-state index contributed by atoms with van der Waals surface area (Å²) in [6.07, 6.45) is -3.50. The highest BCUT2D eigenvalue weighted by Gasteiger charge is 2.37. The third-order valence-corrected chi connectivity index (χ3v) is 9.06. The number of rotatable bonds is 12. The van der Waals surface area contributed by atoms with Gasteiger partial charge in [0.1, 0.15) is 12.6 Å². The van der Waals surface area contributed by atoms with Crippen LogP contribution in [-0.2, 0) is 38.8 Å². The van der Waals surface area contributed by atoms with E-state index in [0.717, 1.165) is 23.3 Å². The first-order valence-corrected chi connectivity index (χ1v) is 16.4. The third kappa shape index (κ3) is 9.26. The molecule has 14 heteroatoms. The lowest BCUT2D eigenvalue weighted by Crippen LogP contribution is -2.54. The number of sulfonamides is 1. The predicted molar refractivity (Wildman–Crippen MR) is 167 cm³/mol. The van der Waals surface area contributed by atoms with Crippen molar-refractivity contribution in [3.05, 3.63) is 98.5 Å². The summed E-state index contributed by atoms with van der Waals surface area (Å²) < 4.78 is 67.2. The molecule has 1 N–H and O–H groups in total. The number of carbonyl (C=O) groups excluding carboxylic acids is 2. The Morgan fingerprint density at radius 3 is 2.09 bits per heavy atom. The van der Waals surface area contributed by atoms with Crippen LogP contribution in [0.3, 0.4) is 0 Å². The molecule has 3 aromatic carbocycles. The summed E-state index contributed by atoms with van der Waals surface area (Å²) in [6, 6.07) is 14.6. The van der Waals surface area contributed by atoms with Crippen LogP contribution in [0.2, 0.25) is 15.1 Å². The number of halogens is 6. The molecule has 0 saturated heterocycles. The van der Waals surface area contributed by atoms with Crippen LogP contribution in [-0.4, -0.2) is 50.0 Å². The van der Waals surface area contributed by atoms with Crippen molar-refractivity contribution < 1.29 is 31.2 Å². The van der Waals surface area contributed by atoms with Gasteiger partial charge in [0, 0.05) is 34.6 Å². The minimum atomic E-state index is -4.89. The Hall–Kier alpha value is -2.99. The molecular weight excluding hydrogens is 662 g/mol. The van der Waals surface area contributed by atoms with Gasteiger partial charge in [0.2, 0.25) is 21.8 Å². The van der Waals surface area contributed by atoms with E-state index in [1.165, 1.54) is 0 Å². The lowest BCUT2D eigenvalue weighted by molar-refractivity contribution is -0.140. The van der Waals surface area contributed by atoms with Crippen LogP contribution in [0.1, 0.15) is 37.0 Å². The highest BCUT2D eigenvalue weighted by Crippen LogP contribution is 2.37. The molecule has 0 aliphatic rings. The number of hydrogen-bond acceptors (Lipinski definition) is 4. The van der Waals surface area contributed by atoms with Crippen LogP contribution in [0.5, 0.6) is 0 Å². The molecule has 3 aromatic rings. The van der Waals surface area contributed by atoms with Gasteiger partial charge in [-0.2, -0.15) is 13.2 Å². The molecule has 0 fully saturated rings. The first kappa shape index (κ1) is 35.5. The van der Waals surface area contributed by atoms with E-state index in [0.29, 0.717) is 27.9 Å². The maximum atomic E-state index is 14.1. The van der Waals surface area contributed by atoms with Gasteiger partial charge < -0.3 is 10.2 Å². The van der Waals surface area contributed by atoms with E-state index in [2.05, 4.69) is 5.32 Å². The van der Waals surface area contributed by atoms with E-state index in [1.807, 2.05) is 6.92 Å². The van der Waals surface area contributed by atoms with Gasteiger partial charge in [-0.3, -0.25) is 13.9 Å². The smallest absolute Gasteiger partial charge is 0.352 e. The molecule has 0 aromatic heterocycles. The van der Waals surface area contributed by atoms with Crippen LogP contribution >= 0.6 is 34.8 Å². The SMILES string of the molecule is CC[C@H](C)NC(=O)[C@@H](Cc1ccccc1)N(Cc1c(Cl)cccc1Cl)C(=O)CN(c1ccc(Cl)c(C(F)(F)F)c1)S(C)(=O)=O. The fourth-order valence-electron chi connectivity index (χ4n) is 4.35. The first-order chi connectivity index (χ1) is 20.5. The minimum Gasteiger partial charge on any atom is -0.352 e. The van der Waals surface area contributed by atoms with E-state index in [1.54, 1.807) is 55.5 Å². The Balaban J connectivity index is 2.15. The third-order valence-electron chi connectivity index (χ3n) is 6.88. The van der Waals surface area contributed by atoms with Crippen molar-refractivity contribution in [2.75, 3.05) is 17.1 Å². The fraction of sp³-hybridized carbons (Fsp3) is 0.333. The molecule has 0 saturated carbocycles. The van der Waals surface area contributed by atoms with Crippen molar-refractivity contribution in [2.24, 2.45) is 0 Å². The zero-order valence-electron chi connectivity index (χ0n) is 24.0. The van der Waals surface area contributed by atoms with Gasteiger partial charge in [0.15, 0.2) is 0 Å². The molecule has 44 heavy (non-hydrogen) atoms.